The van der Waals surface area contributed by atoms with E-state index < -0.39 is 17.2 Å². The number of halogens is 1. The maximum atomic E-state index is 12.9. The van der Waals surface area contributed by atoms with Crippen LogP contribution >= 0.6 is 23.4 Å². The van der Waals surface area contributed by atoms with Crippen molar-refractivity contribution in [1.29, 1.82) is 0 Å². The van der Waals surface area contributed by atoms with Gasteiger partial charge < -0.3 is 5.32 Å². The molecule has 3 amide bonds. The van der Waals surface area contributed by atoms with Gasteiger partial charge in [-0.25, -0.2) is 9.78 Å². The van der Waals surface area contributed by atoms with Gasteiger partial charge in [0, 0.05) is 18.6 Å². The summed E-state index contributed by atoms with van der Waals surface area (Å²) in [6.07, 6.45) is 2.85. The van der Waals surface area contributed by atoms with E-state index in [4.69, 9.17) is 11.6 Å². The number of nitrogens with one attached hydrogen (secondary N) is 2. The third kappa shape index (κ3) is 5.46. The van der Waals surface area contributed by atoms with E-state index in [2.05, 4.69) is 22.5 Å². The van der Waals surface area contributed by atoms with Gasteiger partial charge in [0.05, 0.1) is 16.2 Å². The predicted molar refractivity (Wildman–Crippen MR) is 108 cm³/mol. The first-order chi connectivity index (χ1) is 12.9. The maximum absolute atomic E-state index is 12.9. The molecule has 1 heterocycles. The van der Waals surface area contributed by atoms with Gasteiger partial charge >= 0.3 is 6.03 Å². The van der Waals surface area contributed by atoms with Crippen molar-refractivity contribution in [2.45, 2.75) is 50.1 Å². The molecular weight excluding hydrogens is 388 g/mol. The van der Waals surface area contributed by atoms with Crippen LogP contribution in [0.4, 0.5) is 4.79 Å². The van der Waals surface area contributed by atoms with Gasteiger partial charge in [0.15, 0.2) is 5.16 Å². The van der Waals surface area contributed by atoms with Gasteiger partial charge in [-0.1, -0.05) is 43.1 Å². The Morgan fingerprint density at radius 2 is 2.07 bits per heavy atom. The quantitative estimate of drug-likeness (QED) is 0.415. The van der Waals surface area contributed by atoms with E-state index >= 15 is 0 Å². The molecule has 1 aromatic carbocycles. The van der Waals surface area contributed by atoms with Crippen LogP contribution in [-0.2, 0) is 11.3 Å². The van der Waals surface area contributed by atoms with Crippen LogP contribution in [0.15, 0.2) is 28.2 Å². The van der Waals surface area contributed by atoms with Gasteiger partial charge in [0.2, 0.25) is 5.91 Å². The standard InChI is InChI=1S/C18H23ClN4O3S/c1-4-5-6-9-23-16(25)13-8-7-12(19)10-14(13)21-18(23)27-11(2)15(24)22-17(26)20-3/h7-8,10-11H,4-6,9H2,1-3H3,(H2,20,22,24,26)/t11-/m0/s1. The normalized spacial score (nSPS) is 12.0. The van der Waals surface area contributed by atoms with E-state index in [9.17, 15) is 14.4 Å². The zero-order valence-electron chi connectivity index (χ0n) is 15.5. The van der Waals surface area contributed by atoms with Crippen LogP contribution in [0.5, 0.6) is 0 Å². The summed E-state index contributed by atoms with van der Waals surface area (Å²) in [7, 11) is 1.43. The summed E-state index contributed by atoms with van der Waals surface area (Å²) in [5, 5.41) is 5.37. The minimum atomic E-state index is -0.608. The zero-order chi connectivity index (χ0) is 20.0. The van der Waals surface area contributed by atoms with Gasteiger partial charge in [0.1, 0.15) is 0 Å². The fourth-order valence-corrected chi connectivity index (χ4v) is 3.57. The average molecular weight is 411 g/mol. The van der Waals surface area contributed by atoms with Crippen LogP contribution < -0.4 is 16.2 Å². The van der Waals surface area contributed by atoms with Crippen molar-refractivity contribution >= 4 is 46.2 Å². The van der Waals surface area contributed by atoms with Gasteiger partial charge in [-0.2, -0.15) is 0 Å². The Morgan fingerprint density at radius 1 is 1.33 bits per heavy atom. The van der Waals surface area contributed by atoms with Crippen molar-refractivity contribution < 1.29 is 9.59 Å². The molecule has 0 aliphatic carbocycles. The number of benzene rings is 1. The van der Waals surface area contributed by atoms with Crippen LogP contribution in [0.25, 0.3) is 10.9 Å². The van der Waals surface area contributed by atoms with Gasteiger partial charge in [-0.15, -0.1) is 0 Å². The SMILES string of the molecule is CCCCCn1c(S[C@@H](C)C(=O)NC(=O)NC)nc2cc(Cl)ccc2c1=O. The van der Waals surface area contributed by atoms with E-state index in [-0.39, 0.29) is 5.56 Å². The summed E-state index contributed by atoms with van der Waals surface area (Å²) >= 11 is 7.17. The number of fused-ring (bicyclic) bond motifs is 1. The minimum Gasteiger partial charge on any atom is -0.341 e. The van der Waals surface area contributed by atoms with Crippen molar-refractivity contribution in [3.8, 4) is 0 Å². The lowest BCUT2D eigenvalue weighted by Gasteiger charge is -2.16. The number of unbranched alkanes of at least 4 members (excludes halogenated alkanes) is 2. The largest absolute Gasteiger partial charge is 0.341 e. The molecule has 1 aromatic heterocycles. The molecule has 2 N–H and O–H groups in total. The summed E-state index contributed by atoms with van der Waals surface area (Å²) in [5.74, 6) is -0.458. The van der Waals surface area contributed by atoms with Crippen molar-refractivity contribution in [1.82, 2.24) is 20.2 Å². The highest BCUT2D eigenvalue weighted by Gasteiger charge is 2.20. The minimum absolute atomic E-state index is 0.158. The smallest absolute Gasteiger partial charge is 0.321 e. The molecule has 0 bridgehead atoms. The molecule has 0 aliphatic heterocycles. The van der Waals surface area contributed by atoms with Crippen LogP contribution in [-0.4, -0.2) is 33.8 Å². The number of carbonyl (C=O) groups excluding carboxylic acids is 2. The number of nitrogens with zero attached hydrogens (tertiary/aromatic N) is 2. The highest BCUT2D eigenvalue weighted by atomic mass is 35.5. The van der Waals surface area contributed by atoms with Gasteiger partial charge in [-0.05, 0) is 31.5 Å². The van der Waals surface area contributed by atoms with Crippen molar-refractivity contribution in [3.63, 3.8) is 0 Å². The molecule has 0 aliphatic rings. The molecule has 9 heteroatoms. The number of imide groups is 1. The van der Waals surface area contributed by atoms with Crippen molar-refractivity contribution in [3.05, 3.63) is 33.6 Å². The topological polar surface area (TPSA) is 93.1 Å². The van der Waals surface area contributed by atoms with E-state index in [1.165, 1.54) is 7.05 Å². The number of thioether (sulfide) groups is 1. The number of hydrogen-bond acceptors (Lipinski definition) is 5. The molecule has 7 nitrogen and oxygen atoms in total. The van der Waals surface area contributed by atoms with Crippen LogP contribution in [0, 0.1) is 0 Å². The number of carbonyl (C=O) groups is 2. The molecule has 0 spiro atoms. The van der Waals surface area contributed by atoms with Crippen LogP contribution in [0.2, 0.25) is 5.02 Å². The second-order valence-electron chi connectivity index (χ2n) is 6.05. The van der Waals surface area contributed by atoms with Crippen LogP contribution in [0.1, 0.15) is 33.1 Å². The third-order valence-electron chi connectivity index (χ3n) is 3.98. The lowest BCUT2D eigenvalue weighted by atomic mass is 10.2. The molecule has 1 atom stereocenters. The Bertz CT molecular complexity index is 900. The van der Waals surface area contributed by atoms with E-state index in [0.29, 0.717) is 27.6 Å². The highest BCUT2D eigenvalue weighted by molar-refractivity contribution is 8.00. The Kier molecular flexibility index (Phi) is 7.67. The Balaban J connectivity index is 2.39. The number of aromatic nitrogens is 2. The fourth-order valence-electron chi connectivity index (χ4n) is 2.47. The number of urea groups is 1. The van der Waals surface area contributed by atoms with Crippen LogP contribution in [0.3, 0.4) is 0 Å². The third-order valence-corrected chi connectivity index (χ3v) is 5.31. The molecule has 0 radical (unpaired) electrons. The zero-order valence-corrected chi connectivity index (χ0v) is 17.1. The molecule has 146 valence electrons. The maximum Gasteiger partial charge on any atom is 0.321 e. The lowest BCUT2D eigenvalue weighted by Crippen LogP contribution is -2.41. The van der Waals surface area contributed by atoms with Crippen molar-refractivity contribution in [2.24, 2.45) is 0 Å². The first-order valence-corrected chi connectivity index (χ1v) is 10.0. The molecule has 0 saturated heterocycles. The summed E-state index contributed by atoms with van der Waals surface area (Å²) in [5.41, 5.74) is 0.329. The molecule has 2 aromatic rings. The number of amides is 3. The number of rotatable bonds is 7. The molecule has 0 saturated carbocycles. The van der Waals surface area contributed by atoms with Gasteiger partial charge in [0.25, 0.3) is 5.56 Å². The van der Waals surface area contributed by atoms with E-state index in [1.54, 1.807) is 29.7 Å². The summed E-state index contributed by atoms with van der Waals surface area (Å²) in [6.45, 7) is 4.27. The van der Waals surface area contributed by atoms with Gasteiger partial charge in [-0.3, -0.25) is 19.5 Å². The monoisotopic (exact) mass is 410 g/mol. The Labute approximate surface area is 166 Å². The summed E-state index contributed by atoms with van der Waals surface area (Å²) in [4.78, 5) is 41.0. The molecule has 27 heavy (non-hydrogen) atoms. The predicted octanol–water partition coefficient (Wildman–Crippen LogP) is 3.18. The second kappa shape index (κ2) is 9.75. The molecular formula is C18H23ClN4O3S. The highest BCUT2D eigenvalue weighted by Crippen LogP contribution is 2.24. The average Bonchev–Trinajstić information content (AvgIpc) is 2.63. The molecule has 2 rings (SSSR count). The lowest BCUT2D eigenvalue weighted by molar-refractivity contribution is -0.119. The molecule has 0 unspecified atom stereocenters. The first kappa shape index (κ1) is 21.2. The first-order valence-electron chi connectivity index (χ1n) is 8.76. The van der Waals surface area contributed by atoms with E-state index in [0.717, 1.165) is 31.0 Å². The van der Waals surface area contributed by atoms with Crippen molar-refractivity contribution in [2.75, 3.05) is 7.05 Å². The fraction of sp³-hybridized carbons (Fsp3) is 0.444. The van der Waals surface area contributed by atoms with E-state index in [1.807, 2.05) is 0 Å². The Morgan fingerprint density at radius 3 is 2.74 bits per heavy atom. The molecule has 0 fully saturated rings. The summed E-state index contributed by atoms with van der Waals surface area (Å²) in [6, 6.07) is 4.38. The second-order valence-corrected chi connectivity index (χ2v) is 7.79. The Hall–Kier alpha value is -2.06. The summed E-state index contributed by atoms with van der Waals surface area (Å²) < 4.78 is 1.60. The number of hydrogen-bond donors (Lipinski definition) is 2.